The number of hydrogen-bond acceptors (Lipinski definition) is 2. The lowest BCUT2D eigenvalue weighted by atomic mass is 10.2. The molecule has 0 bridgehead atoms. The normalized spacial score (nSPS) is 12.2. The first kappa shape index (κ1) is 13.0. The summed E-state index contributed by atoms with van der Waals surface area (Å²) in [4.78, 5) is 11.5. The lowest BCUT2D eigenvalue weighted by molar-refractivity contribution is -0.116. The minimum atomic E-state index is -0.453. The van der Waals surface area contributed by atoms with Crippen LogP contribution in [0.4, 0.5) is 5.69 Å². The van der Waals surface area contributed by atoms with Crippen molar-refractivity contribution >= 4 is 23.2 Å². The van der Waals surface area contributed by atoms with Crippen LogP contribution in [-0.2, 0) is 4.79 Å². The van der Waals surface area contributed by atoms with Crippen molar-refractivity contribution in [3.63, 3.8) is 0 Å². The first-order chi connectivity index (χ1) is 7.49. The predicted octanol–water partition coefficient (Wildman–Crippen LogP) is 2.75. The van der Waals surface area contributed by atoms with E-state index in [-0.39, 0.29) is 5.91 Å². The van der Waals surface area contributed by atoms with Gasteiger partial charge < -0.3 is 10.4 Å². The zero-order valence-electron chi connectivity index (χ0n) is 9.46. The highest BCUT2D eigenvalue weighted by atomic mass is 35.5. The lowest BCUT2D eigenvalue weighted by Crippen LogP contribution is -2.14. The van der Waals surface area contributed by atoms with Gasteiger partial charge in [0.25, 0.3) is 0 Å². The summed E-state index contributed by atoms with van der Waals surface area (Å²) in [5.74, 6) is -0.105. The quantitative estimate of drug-likeness (QED) is 0.852. The Hall–Kier alpha value is -1.06. The third-order valence-electron chi connectivity index (χ3n) is 2.26. The van der Waals surface area contributed by atoms with Crippen molar-refractivity contribution in [3.05, 3.63) is 28.8 Å². The minimum absolute atomic E-state index is 0.105. The average molecular weight is 242 g/mol. The summed E-state index contributed by atoms with van der Waals surface area (Å²) in [6.45, 7) is 3.57. The van der Waals surface area contributed by atoms with Crippen LogP contribution < -0.4 is 5.32 Å². The van der Waals surface area contributed by atoms with Gasteiger partial charge in [-0.05, 0) is 38.0 Å². The van der Waals surface area contributed by atoms with Crippen LogP contribution in [-0.4, -0.2) is 17.1 Å². The fourth-order valence-corrected chi connectivity index (χ4v) is 1.45. The maximum Gasteiger partial charge on any atom is 0.224 e. The maximum absolute atomic E-state index is 11.5. The first-order valence-electron chi connectivity index (χ1n) is 5.23. The Labute approximate surface area is 100 Å². The van der Waals surface area contributed by atoms with Crippen LogP contribution in [0.25, 0.3) is 0 Å². The van der Waals surface area contributed by atoms with Crippen molar-refractivity contribution in [1.82, 2.24) is 0 Å². The van der Waals surface area contributed by atoms with Crippen LogP contribution in [0.1, 0.15) is 25.3 Å². The van der Waals surface area contributed by atoms with E-state index < -0.39 is 6.10 Å². The standard InChI is InChI=1S/C12H16ClNO2/c1-8-3-5-10(13)7-11(8)14-12(16)6-4-9(2)15/h3,5,7,9,15H,4,6H2,1-2H3,(H,14,16). The van der Waals surface area contributed by atoms with Crippen LogP contribution >= 0.6 is 11.6 Å². The Balaban J connectivity index is 2.59. The van der Waals surface area contributed by atoms with Crippen LogP contribution in [0, 0.1) is 6.92 Å². The predicted molar refractivity (Wildman–Crippen MR) is 65.7 cm³/mol. The molecule has 0 fully saturated rings. The molecule has 0 aliphatic rings. The van der Waals surface area contributed by atoms with Gasteiger partial charge in [-0.25, -0.2) is 0 Å². The molecular formula is C12H16ClNO2. The smallest absolute Gasteiger partial charge is 0.224 e. The van der Waals surface area contributed by atoms with Gasteiger partial charge in [0.2, 0.25) is 5.91 Å². The van der Waals surface area contributed by atoms with Gasteiger partial charge in [0.15, 0.2) is 0 Å². The van der Waals surface area contributed by atoms with E-state index in [1.165, 1.54) is 0 Å². The number of halogens is 1. The summed E-state index contributed by atoms with van der Waals surface area (Å²) in [6.07, 6.45) is 0.320. The number of anilines is 1. The van der Waals surface area contributed by atoms with Crippen molar-refractivity contribution in [2.75, 3.05) is 5.32 Å². The van der Waals surface area contributed by atoms with Gasteiger partial charge in [0, 0.05) is 17.1 Å². The number of aliphatic hydroxyl groups excluding tert-OH is 1. The van der Waals surface area contributed by atoms with E-state index in [4.69, 9.17) is 16.7 Å². The second-order valence-corrected chi connectivity index (χ2v) is 4.33. The number of carbonyl (C=O) groups is 1. The molecule has 1 atom stereocenters. The molecule has 1 aromatic carbocycles. The van der Waals surface area contributed by atoms with Gasteiger partial charge in [-0.1, -0.05) is 17.7 Å². The van der Waals surface area contributed by atoms with Gasteiger partial charge in [-0.15, -0.1) is 0 Å². The molecule has 2 N–H and O–H groups in total. The fourth-order valence-electron chi connectivity index (χ4n) is 1.28. The van der Waals surface area contributed by atoms with Crippen molar-refractivity contribution in [1.29, 1.82) is 0 Å². The largest absolute Gasteiger partial charge is 0.393 e. The zero-order valence-corrected chi connectivity index (χ0v) is 10.2. The second-order valence-electron chi connectivity index (χ2n) is 3.90. The molecule has 16 heavy (non-hydrogen) atoms. The van der Waals surface area contributed by atoms with E-state index in [1.54, 1.807) is 19.1 Å². The second kappa shape index (κ2) is 5.87. The molecule has 88 valence electrons. The SMILES string of the molecule is Cc1ccc(Cl)cc1NC(=O)CCC(C)O. The molecule has 0 heterocycles. The fraction of sp³-hybridized carbons (Fsp3) is 0.417. The van der Waals surface area contributed by atoms with Crippen LogP contribution in [0.2, 0.25) is 5.02 Å². The number of rotatable bonds is 4. The number of carbonyl (C=O) groups excluding carboxylic acids is 1. The Morgan fingerprint density at radius 2 is 2.25 bits per heavy atom. The summed E-state index contributed by atoms with van der Waals surface area (Å²) < 4.78 is 0. The van der Waals surface area contributed by atoms with Gasteiger partial charge in [0.1, 0.15) is 0 Å². The molecule has 0 aromatic heterocycles. The first-order valence-corrected chi connectivity index (χ1v) is 5.61. The molecule has 1 rings (SSSR count). The third kappa shape index (κ3) is 4.21. The molecule has 1 aromatic rings. The van der Waals surface area contributed by atoms with E-state index in [0.717, 1.165) is 11.3 Å². The van der Waals surface area contributed by atoms with E-state index in [0.29, 0.717) is 17.9 Å². The van der Waals surface area contributed by atoms with E-state index in [2.05, 4.69) is 5.32 Å². The molecule has 0 saturated carbocycles. The molecule has 1 unspecified atom stereocenters. The maximum atomic E-state index is 11.5. The van der Waals surface area contributed by atoms with Crippen LogP contribution in [0.15, 0.2) is 18.2 Å². The number of aliphatic hydroxyl groups is 1. The highest BCUT2D eigenvalue weighted by Gasteiger charge is 2.06. The number of nitrogens with one attached hydrogen (secondary N) is 1. The number of amides is 1. The third-order valence-corrected chi connectivity index (χ3v) is 2.50. The summed E-state index contributed by atoms with van der Waals surface area (Å²) in [5.41, 5.74) is 1.69. The molecule has 0 aliphatic carbocycles. The Morgan fingerprint density at radius 1 is 1.56 bits per heavy atom. The monoisotopic (exact) mass is 241 g/mol. The highest BCUT2D eigenvalue weighted by Crippen LogP contribution is 2.20. The molecule has 0 aliphatic heterocycles. The molecule has 0 radical (unpaired) electrons. The Kier molecular flexibility index (Phi) is 4.77. The van der Waals surface area contributed by atoms with E-state index >= 15 is 0 Å². The Morgan fingerprint density at radius 3 is 2.88 bits per heavy atom. The zero-order chi connectivity index (χ0) is 12.1. The lowest BCUT2D eigenvalue weighted by Gasteiger charge is -2.09. The Bertz CT molecular complexity index is 377. The summed E-state index contributed by atoms with van der Waals surface area (Å²) in [7, 11) is 0. The van der Waals surface area contributed by atoms with Crippen molar-refractivity contribution < 1.29 is 9.90 Å². The average Bonchev–Trinajstić information content (AvgIpc) is 2.20. The topological polar surface area (TPSA) is 49.3 Å². The summed E-state index contributed by atoms with van der Waals surface area (Å²) >= 11 is 5.84. The van der Waals surface area contributed by atoms with Gasteiger partial charge >= 0.3 is 0 Å². The number of hydrogen-bond donors (Lipinski definition) is 2. The highest BCUT2D eigenvalue weighted by molar-refractivity contribution is 6.31. The summed E-state index contributed by atoms with van der Waals surface area (Å²) in [5, 5.41) is 12.4. The molecule has 3 nitrogen and oxygen atoms in total. The number of benzene rings is 1. The molecular weight excluding hydrogens is 226 g/mol. The minimum Gasteiger partial charge on any atom is -0.393 e. The molecule has 1 amide bonds. The molecule has 4 heteroatoms. The summed E-state index contributed by atoms with van der Waals surface area (Å²) in [6, 6.07) is 5.35. The van der Waals surface area contributed by atoms with Crippen molar-refractivity contribution in [2.45, 2.75) is 32.8 Å². The van der Waals surface area contributed by atoms with Crippen LogP contribution in [0.5, 0.6) is 0 Å². The van der Waals surface area contributed by atoms with Crippen molar-refractivity contribution in [2.24, 2.45) is 0 Å². The molecule has 0 spiro atoms. The van der Waals surface area contributed by atoms with Gasteiger partial charge in [-0.2, -0.15) is 0 Å². The van der Waals surface area contributed by atoms with Crippen molar-refractivity contribution in [3.8, 4) is 0 Å². The van der Waals surface area contributed by atoms with Gasteiger partial charge in [0.05, 0.1) is 6.10 Å². The van der Waals surface area contributed by atoms with E-state index in [9.17, 15) is 4.79 Å². The van der Waals surface area contributed by atoms with E-state index in [1.807, 2.05) is 13.0 Å². The number of aryl methyl sites for hydroxylation is 1. The molecule has 0 saturated heterocycles. The van der Waals surface area contributed by atoms with Gasteiger partial charge in [-0.3, -0.25) is 4.79 Å². The van der Waals surface area contributed by atoms with Crippen LogP contribution in [0.3, 0.4) is 0 Å².